The van der Waals surface area contributed by atoms with Crippen molar-refractivity contribution in [2.24, 2.45) is 0 Å². The molecule has 2 amide bonds. The summed E-state index contributed by atoms with van der Waals surface area (Å²) in [4.78, 5) is 42.4. The summed E-state index contributed by atoms with van der Waals surface area (Å²) in [5, 5.41) is 3.00. The molecule has 41 heavy (non-hydrogen) atoms. The summed E-state index contributed by atoms with van der Waals surface area (Å²) in [5.41, 5.74) is 4.92. The third-order valence-corrected chi connectivity index (χ3v) is 7.86. The maximum absolute atomic E-state index is 13.3. The first-order valence-electron chi connectivity index (χ1n) is 13.0. The van der Waals surface area contributed by atoms with Crippen LogP contribution in [0.3, 0.4) is 0 Å². The number of aromatic nitrogens is 4. The maximum atomic E-state index is 13.3. The van der Waals surface area contributed by atoms with Gasteiger partial charge < -0.3 is 13.9 Å². The number of imidazole rings is 1. The molecule has 10 heteroatoms. The average molecular weight is 563 g/mol. The summed E-state index contributed by atoms with van der Waals surface area (Å²) in [5.74, 6) is 0.645. The third-order valence-electron chi connectivity index (χ3n) is 6.77. The number of thiophene rings is 1. The molecule has 6 rings (SSSR count). The molecular weight excluding hydrogens is 536 g/mol. The molecule has 2 aromatic carbocycles. The molecule has 9 nitrogen and oxygen atoms in total. The maximum Gasteiger partial charge on any atom is 0.268 e. The van der Waals surface area contributed by atoms with Gasteiger partial charge in [-0.3, -0.25) is 19.9 Å². The van der Waals surface area contributed by atoms with E-state index in [-0.39, 0.29) is 11.8 Å². The van der Waals surface area contributed by atoms with Gasteiger partial charge in [-0.1, -0.05) is 23.8 Å². The highest BCUT2D eigenvalue weighted by molar-refractivity contribution is 7.17. The highest BCUT2D eigenvalue weighted by atomic mass is 32.1. The van der Waals surface area contributed by atoms with Crippen LogP contribution in [-0.2, 0) is 13.0 Å². The molecule has 1 N–H and O–H groups in total. The van der Waals surface area contributed by atoms with E-state index in [1.165, 1.54) is 17.7 Å². The summed E-state index contributed by atoms with van der Waals surface area (Å²) in [6.07, 6.45) is 7.25. The second-order valence-corrected chi connectivity index (χ2v) is 10.7. The number of amides is 2. The van der Waals surface area contributed by atoms with Gasteiger partial charge in [0.2, 0.25) is 5.95 Å². The predicted octanol–water partition coefficient (Wildman–Crippen LogP) is 6.23. The van der Waals surface area contributed by atoms with E-state index in [1.807, 2.05) is 78.4 Å². The monoisotopic (exact) mass is 562 g/mol. The molecule has 0 aliphatic rings. The summed E-state index contributed by atoms with van der Waals surface area (Å²) >= 11 is 1.31. The first kappa shape index (κ1) is 26.1. The molecule has 4 aromatic heterocycles. The number of nitrogens with one attached hydrogen (secondary N) is 1. The Bertz CT molecular complexity index is 1840. The van der Waals surface area contributed by atoms with Crippen molar-refractivity contribution < 1.29 is 14.0 Å². The van der Waals surface area contributed by atoms with Crippen LogP contribution in [0.25, 0.3) is 21.7 Å². The lowest BCUT2D eigenvalue weighted by atomic mass is 10.1. The molecule has 0 atom stereocenters. The number of carbonyl (C=O) groups excluding carboxylic acids is 2. The number of oxazole rings is 1. The van der Waals surface area contributed by atoms with Gasteiger partial charge in [-0.25, -0.2) is 9.97 Å². The molecule has 0 fully saturated rings. The van der Waals surface area contributed by atoms with Gasteiger partial charge in [0.25, 0.3) is 11.8 Å². The molecule has 0 unspecified atom stereocenters. The Morgan fingerprint density at radius 1 is 1.02 bits per heavy atom. The van der Waals surface area contributed by atoms with Crippen molar-refractivity contribution in [1.29, 1.82) is 0 Å². The Labute approximate surface area is 240 Å². The lowest BCUT2D eigenvalue weighted by Gasteiger charge is -2.18. The van der Waals surface area contributed by atoms with Gasteiger partial charge in [-0.2, -0.15) is 0 Å². The van der Waals surface area contributed by atoms with Crippen LogP contribution in [0.5, 0.6) is 0 Å². The average Bonchev–Trinajstić information content (AvgIpc) is 3.76. The molecule has 204 valence electrons. The lowest BCUT2D eigenvalue weighted by Crippen LogP contribution is -2.26. The third kappa shape index (κ3) is 5.50. The van der Waals surface area contributed by atoms with Crippen LogP contribution in [0, 0.1) is 6.92 Å². The van der Waals surface area contributed by atoms with Crippen molar-refractivity contribution in [2.75, 3.05) is 17.3 Å². The zero-order valence-corrected chi connectivity index (χ0v) is 23.3. The minimum Gasteiger partial charge on any atom is -0.443 e. The summed E-state index contributed by atoms with van der Waals surface area (Å²) in [6, 6.07) is 20.7. The highest BCUT2D eigenvalue weighted by Crippen LogP contribution is 2.30. The molecule has 0 spiro atoms. The number of aryl methyl sites for hydroxylation is 3. The van der Waals surface area contributed by atoms with Crippen molar-refractivity contribution >= 4 is 45.8 Å². The van der Waals surface area contributed by atoms with Crippen molar-refractivity contribution in [1.82, 2.24) is 19.5 Å². The number of nitrogens with zero attached hydrogens (tertiary/aromatic N) is 5. The molecule has 0 bridgehead atoms. The second kappa shape index (κ2) is 11.2. The number of benzene rings is 2. The van der Waals surface area contributed by atoms with Gasteiger partial charge in [0, 0.05) is 37.2 Å². The van der Waals surface area contributed by atoms with E-state index in [0.717, 1.165) is 21.5 Å². The normalized spacial score (nSPS) is 11.1. The minimum atomic E-state index is -0.273. The Kier molecular flexibility index (Phi) is 7.13. The fraction of sp³-hybridized carbons (Fsp3) is 0.129. The van der Waals surface area contributed by atoms with E-state index in [1.54, 1.807) is 30.4 Å². The largest absolute Gasteiger partial charge is 0.443 e. The number of hydrogen-bond acceptors (Lipinski definition) is 7. The topological polar surface area (TPSA) is 106 Å². The fourth-order valence-corrected chi connectivity index (χ4v) is 5.47. The number of fused-ring (bicyclic) bond motifs is 1. The van der Waals surface area contributed by atoms with E-state index >= 15 is 0 Å². The van der Waals surface area contributed by atoms with Gasteiger partial charge in [0.15, 0.2) is 12.2 Å². The second-order valence-electron chi connectivity index (χ2n) is 9.59. The van der Waals surface area contributed by atoms with Crippen LogP contribution in [0.15, 0.2) is 96.1 Å². The summed E-state index contributed by atoms with van der Waals surface area (Å²) < 4.78 is 7.35. The number of rotatable bonds is 8. The molecule has 0 saturated heterocycles. The Balaban J connectivity index is 1.31. The van der Waals surface area contributed by atoms with Gasteiger partial charge in [-0.15, -0.1) is 11.3 Å². The Morgan fingerprint density at radius 3 is 2.71 bits per heavy atom. The quantitative estimate of drug-likeness (QED) is 0.236. The highest BCUT2D eigenvalue weighted by Gasteiger charge is 2.19. The van der Waals surface area contributed by atoms with Crippen LogP contribution < -0.4 is 10.2 Å². The van der Waals surface area contributed by atoms with Crippen molar-refractivity contribution in [2.45, 2.75) is 19.9 Å². The molecule has 0 radical (unpaired) electrons. The van der Waals surface area contributed by atoms with E-state index < -0.39 is 0 Å². The number of pyridine rings is 1. The number of carbonyl (C=O) groups is 2. The molecule has 0 aliphatic carbocycles. The summed E-state index contributed by atoms with van der Waals surface area (Å²) in [6.45, 7) is 2.53. The van der Waals surface area contributed by atoms with Crippen molar-refractivity contribution in [3.05, 3.63) is 113 Å². The van der Waals surface area contributed by atoms with E-state index in [0.29, 0.717) is 46.3 Å². The van der Waals surface area contributed by atoms with Gasteiger partial charge in [0.1, 0.15) is 0 Å². The molecule has 0 saturated carbocycles. The van der Waals surface area contributed by atoms with E-state index in [4.69, 9.17) is 9.40 Å². The standard InChI is InChI=1S/C31H26N6O3S/c1-20-5-3-7-22(15-20)30(39)36(2)23-8-9-25-24(16-23)34-31(37(25)14-12-21-6-4-13-32-17-21)35-29(38)28-11-10-27(41-28)26-18-33-19-40-26/h3-11,13,15-19H,12,14H2,1-2H3,(H,34,35,38). The predicted molar refractivity (Wildman–Crippen MR) is 159 cm³/mol. The van der Waals surface area contributed by atoms with E-state index in [2.05, 4.69) is 15.3 Å². The molecular formula is C31H26N6O3S. The molecule has 0 aliphatic heterocycles. The SMILES string of the molecule is Cc1cccc(C(=O)N(C)c2ccc3c(c2)nc(NC(=O)c2ccc(-c4cnco4)s2)n3CCc2cccnc2)c1. The van der Waals surface area contributed by atoms with Crippen molar-refractivity contribution in [3.63, 3.8) is 0 Å². The Morgan fingerprint density at radius 2 is 1.93 bits per heavy atom. The number of anilines is 2. The van der Waals surface area contributed by atoms with Crippen molar-refractivity contribution in [3.8, 4) is 10.6 Å². The Hall–Kier alpha value is -5.09. The first-order chi connectivity index (χ1) is 20.0. The molecule has 6 aromatic rings. The van der Waals surface area contributed by atoms with Crippen LogP contribution in [0.1, 0.15) is 31.2 Å². The zero-order valence-electron chi connectivity index (χ0n) is 22.4. The lowest BCUT2D eigenvalue weighted by molar-refractivity contribution is 0.0991. The minimum absolute atomic E-state index is 0.113. The van der Waals surface area contributed by atoms with Crippen LogP contribution >= 0.6 is 11.3 Å². The van der Waals surface area contributed by atoms with Gasteiger partial charge in [0.05, 0.1) is 27.0 Å². The number of hydrogen-bond donors (Lipinski definition) is 1. The first-order valence-corrected chi connectivity index (χ1v) is 13.8. The van der Waals surface area contributed by atoms with Gasteiger partial charge in [-0.05, 0) is 67.4 Å². The zero-order chi connectivity index (χ0) is 28.3. The summed E-state index contributed by atoms with van der Waals surface area (Å²) in [7, 11) is 1.75. The van der Waals surface area contributed by atoms with Crippen LogP contribution in [-0.4, -0.2) is 38.4 Å². The fourth-order valence-electron chi connectivity index (χ4n) is 4.62. The van der Waals surface area contributed by atoms with Crippen LogP contribution in [0.2, 0.25) is 0 Å². The van der Waals surface area contributed by atoms with Crippen LogP contribution in [0.4, 0.5) is 11.6 Å². The van der Waals surface area contributed by atoms with Gasteiger partial charge >= 0.3 is 0 Å². The molecule has 4 heterocycles. The smallest absolute Gasteiger partial charge is 0.268 e. The van der Waals surface area contributed by atoms with E-state index in [9.17, 15) is 9.59 Å².